The number of rotatable bonds is 1. The zero-order valence-electron chi connectivity index (χ0n) is 9.83. The molecule has 1 fully saturated rings. The van der Waals surface area contributed by atoms with Gasteiger partial charge in [-0.05, 0) is 37.6 Å². The van der Waals surface area contributed by atoms with Gasteiger partial charge in [-0.25, -0.2) is 0 Å². The van der Waals surface area contributed by atoms with Gasteiger partial charge in [0.15, 0.2) is 0 Å². The summed E-state index contributed by atoms with van der Waals surface area (Å²) in [7, 11) is 1.42. The zero-order chi connectivity index (χ0) is 11.9. The van der Waals surface area contributed by atoms with E-state index in [2.05, 4.69) is 5.32 Å². The first-order valence-corrected chi connectivity index (χ1v) is 5.40. The molecule has 4 heteroatoms. The molecule has 0 aromatic carbocycles. The molecule has 0 aromatic heterocycles. The van der Waals surface area contributed by atoms with Crippen molar-refractivity contribution < 1.29 is 13.2 Å². The van der Waals surface area contributed by atoms with E-state index in [9.17, 15) is 13.2 Å². The molecule has 1 aliphatic carbocycles. The number of alkyl halides is 3. The van der Waals surface area contributed by atoms with E-state index in [4.69, 9.17) is 0 Å². The smallest absolute Gasteiger partial charge is 0.306 e. The highest BCUT2D eigenvalue weighted by Gasteiger charge is 2.59. The average Bonchev–Trinajstić information content (AvgIpc) is 2.00. The summed E-state index contributed by atoms with van der Waals surface area (Å²) in [4.78, 5) is 0. The highest BCUT2D eigenvalue weighted by molar-refractivity contribution is 5.03. The molecular weight excluding hydrogens is 203 g/mol. The molecule has 0 radical (unpaired) electrons. The maximum atomic E-state index is 13.0. The largest absolute Gasteiger partial charge is 0.406 e. The van der Waals surface area contributed by atoms with Gasteiger partial charge < -0.3 is 5.32 Å². The minimum absolute atomic E-state index is 0.0328. The minimum atomic E-state index is -4.16. The van der Waals surface area contributed by atoms with Gasteiger partial charge in [0, 0.05) is 0 Å². The van der Waals surface area contributed by atoms with Crippen LogP contribution in [0.2, 0.25) is 0 Å². The Kier molecular flexibility index (Phi) is 3.12. The summed E-state index contributed by atoms with van der Waals surface area (Å²) in [6, 6.07) is 0. The molecule has 1 saturated carbocycles. The average molecular weight is 223 g/mol. The van der Waals surface area contributed by atoms with Gasteiger partial charge in [0.2, 0.25) is 0 Å². The van der Waals surface area contributed by atoms with E-state index >= 15 is 0 Å². The van der Waals surface area contributed by atoms with E-state index in [-0.39, 0.29) is 17.8 Å². The standard InChI is InChI=1S/C11H20F3N/c1-8-7-9(2,3)5-6-10(8,15-4)11(12,13)14/h8,15H,5-7H2,1-4H3. The molecule has 2 unspecified atom stereocenters. The fourth-order valence-electron chi connectivity index (χ4n) is 2.82. The molecule has 0 heterocycles. The van der Waals surface area contributed by atoms with Crippen LogP contribution in [0.1, 0.15) is 40.0 Å². The molecule has 1 nitrogen and oxygen atoms in total. The lowest BCUT2D eigenvalue weighted by Crippen LogP contribution is -2.62. The Hall–Kier alpha value is -0.250. The van der Waals surface area contributed by atoms with E-state index in [1.165, 1.54) is 7.05 Å². The lowest BCUT2D eigenvalue weighted by atomic mass is 9.63. The third kappa shape index (κ3) is 2.14. The number of hydrogen-bond acceptors (Lipinski definition) is 1. The molecule has 0 bridgehead atoms. The summed E-state index contributed by atoms with van der Waals surface area (Å²) in [5.41, 5.74) is -1.65. The van der Waals surface area contributed by atoms with Crippen LogP contribution in [0, 0.1) is 11.3 Å². The normalized spacial score (nSPS) is 36.6. The first-order valence-electron chi connectivity index (χ1n) is 5.40. The Bertz CT molecular complexity index is 234. The van der Waals surface area contributed by atoms with Crippen molar-refractivity contribution in [2.45, 2.75) is 51.7 Å². The monoisotopic (exact) mass is 223 g/mol. The molecular formula is C11H20F3N. The van der Waals surface area contributed by atoms with Crippen LogP contribution in [0.4, 0.5) is 13.2 Å². The third-order valence-electron chi connectivity index (χ3n) is 3.85. The van der Waals surface area contributed by atoms with Gasteiger partial charge >= 0.3 is 6.18 Å². The van der Waals surface area contributed by atoms with Crippen molar-refractivity contribution in [3.8, 4) is 0 Å². The maximum absolute atomic E-state index is 13.0. The van der Waals surface area contributed by atoms with Crippen LogP contribution in [0.5, 0.6) is 0 Å². The van der Waals surface area contributed by atoms with Gasteiger partial charge in [0.05, 0.1) is 0 Å². The first kappa shape index (κ1) is 12.8. The maximum Gasteiger partial charge on any atom is 0.406 e. The predicted octanol–water partition coefficient (Wildman–Crippen LogP) is 3.35. The van der Waals surface area contributed by atoms with Gasteiger partial charge in [0.1, 0.15) is 5.54 Å². The van der Waals surface area contributed by atoms with Gasteiger partial charge in [0.25, 0.3) is 0 Å². The molecule has 90 valence electrons. The highest BCUT2D eigenvalue weighted by Crippen LogP contribution is 2.50. The van der Waals surface area contributed by atoms with Crippen LogP contribution < -0.4 is 5.32 Å². The molecule has 0 saturated heterocycles. The van der Waals surface area contributed by atoms with Crippen molar-refractivity contribution in [3.63, 3.8) is 0 Å². The van der Waals surface area contributed by atoms with Crippen LogP contribution in [0.25, 0.3) is 0 Å². The Balaban J connectivity index is 2.95. The molecule has 0 aromatic rings. The van der Waals surface area contributed by atoms with Crippen molar-refractivity contribution in [3.05, 3.63) is 0 Å². The number of nitrogens with one attached hydrogen (secondary N) is 1. The summed E-state index contributed by atoms with van der Waals surface area (Å²) in [6.07, 6.45) is -2.73. The van der Waals surface area contributed by atoms with E-state index in [0.717, 1.165) is 0 Å². The summed E-state index contributed by atoms with van der Waals surface area (Å²) < 4.78 is 39.1. The van der Waals surface area contributed by atoms with Crippen LogP contribution in [0.3, 0.4) is 0 Å². The highest BCUT2D eigenvalue weighted by atomic mass is 19.4. The second kappa shape index (κ2) is 3.65. The molecule has 0 amide bonds. The van der Waals surface area contributed by atoms with E-state index in [1.807, 2.05) is 13.8 Å². The van der Waals surface area contributed by atoms with Crippen molar-refractivity contribution >= 4 is 0 Å². The molecule has 0 aliphatic heterocycles. The van der Waals surface area contributed by atoms with E-state index in [1.54, 1.807) is 6.92 Å². The first-order chi connectivity index (χ1) is 6.65. The SMILES string of the molecule is CNC1(C(F)(F)F)CCC(C)(C)CC1C. The quantitative estimate of drug-likeness (QED) is 0.718. The van der Waals surface area contributed by atoms with Crippen LogP contribution >= 0.6 is 0 Å². The van der Waals surface area contributed by atoms with Crippen LogP contribution in [-0.2, 0) is 0 Å². The summed E-state index contributed by atoms with van der Waals surface area (Å²) in [6.45, 7) is 5.78. The molecule has 0 spiro atoms. The number of hydrogen-bond donors (Lipinski definition) is 1. The van der Waals surface area contributed by atoms with Crippen LogP contribution in [0.15, 0.2) is 0 Å². The van der Waals surface area contributed by atoms with Crippen molar-refractivity contribution in [2.24, 2.45) is 11.3 Å². The number of halogens is 3. The molecule has 1 aliphatic rings. The van der Waals surface area contributed by atoms with Gasteiger partial charge in [-0.2, -0.15) is 13.2 Å². The minimum Gasteiger partial charge on any atom is -0.306 e. The lowest BCUT2D eigenvalue weighted by Gasteiger charge is -2.48. The second-order valence-electron chi connectivity index (χ2n) is 5.49. The van der Waals surface area contributed by atoms with Gasteiger partial charge in [-0.15, -0.1) is 0 Å². The third-order valence-corrected chi connectivity index (χ3v) is 3.85. The summed E-state index contributed by atoms with van der Waals surface area (Å²) in [5.74, 6) is -0.369. The Morgan fingerprint density at radius 2 is 1.73 bits per heavy atom. The Morgan fingerprint density at radius 3 is 2.07 bits per heavy atom. The topological polar surface area (TPSA) is 12.0 Å². The lowest BCUT2D eigenvalue weighted by molar-refractivity contribution is -0.223. The predicted molar refractivity (Wildman–Crippen MR) is 54.6 cm³/mol. The van der Waals surface area contributed by atoms with Crippen molar-refractivity contribution in [1.29, 1.82) is 0 Å². The summed E-state index contributed by atoms with van der Waals surface area (Å²) in [5, 5.41) is 2.52. The second-order valence-corrected chi connectivity index (χ2v) is 5.49. The summed E-state index contributed by atoms with van der Waals surface area (Å²) >= 11 is 0. The fraction of sp³-hybridized carbons (Fsp3) is 1.00. The Labute approximate surface area is 89.4 Å². The molecule has 1 N–H and O–H groups in total. The van der Waals surface area contributed by atoms with Crippen molar-refractivity contribution in [2.75, 3.05) is 7.05 Å². The zero-order valence-corrected chi connectivity index (χ0v) is 9.83. The van der Waals surface area contributed by atoms with Crippen molar-refractivity contribution in [1.82, 2.24) is 5.32 Å². The fourth-order valence-corrected chi connectivity index (χ4v) is 2.82. The molecule has 15 heavy (non-hydrogen) atoms. The molecule has 2 atom stereocenters. The van der Waals surface area contributed by atoms with Gasteiger partial charge in [-0.3, -0.25) is 0 Å². The van der Waals surface area contributed by atoms with Crippen LogP contribution in [-0.4, -0.2) is 18.8 Å². The molecule has 1 rings (SSSR count). The Morgan fingerprint density at radius 1 is 1.20 bits per heavy atom. The van der Waals surface area contributed by atoms with E-state index in [0.29, 0.717) is 12.8 Å². The van der Waals surface area contributed by atoms with E-state index < -0.39 is 11.7 Å². The van der Waals surface area contributed by atoms with Gasteiger partial charge in [-0.1, -0.05) is 20.8 Å².